The fourth-order valence-corrected chi connectivity index (χ4v) is 2.47. The first-order valence-corrected chi connectivity index (χ1v) is 5.92. The van der Waals surface area contributed by atoms with Crippen molar-refractivity contribution in [3.05, 3.63) is 59.7 Å². The maximum Gasteiger partial charge on any atom is 0.0626 e. The predicted octanol–water partition coefficient (Wildman–Crippen LogP) is 3.49. The Balaban J connectivity index is 2.13. The third kappa shape index (κ3) is 1.61. The summed E-state index contributed by atoms with van der Waals surface area (Å²) in [6.07, 6.45) is 0. The molecular formula is C15H16N2. The molecule has 86 valence electrons. The molecule has 1 heterocycles. The first-order chi connectivity index (χ1) is 8.27. The van der Waals surface area contributed by atoms with Crippen molar-refractivity contribution in [1.29, 1.82) is 0 Å². The van der Waals surface area contributed by atoms with Crippen LogP contribution < -0.4 is 5.01 Å². The first kappa shape index (κ1) is 10.4. The number of rotatable bonds is 1. The molecule has 0 unspecified atom stereocenters. The number of nitrogens with zero attached hydrogens (tertiary/aromatic N) is 2. The van der Waals surface area contributed by atoms with Crippen molar-refractivity contribution >= 4 is 11.4 Å². The molecule has 0 radical (unpaired) electrons. The minimum absolute atomic E-state index is 0.977. The number of hydrogen-bond donors (Lipinski definition) is 0. The van der Waals surface area contributed by atoms with Crippen molar-refractivity contribution in [2.24, 2.45) is 0 Å². The van der Waals surface area contributed by atoms with E-state index in [2.05, 4.69) is 72.5 Å². The van der Waals surface area contributed by atoms with Crippen molar-refractivity contribution < 1.29 is 0 Å². The lowest BCUT2D eigenvalue weighted by Gasteiger charge is -2.28. The quantitative estimate of drug-likeness (QED) is 0.731. The Kier molecular flexibility index (Phi) is 2.37. The van der Waals surface area contributed by atoms with Crippen LogP contribution in [0.1, 0.15) is 11.1 Å². The van der Waals surface area contributed by atoms with Crippen LogP contribution in [0.5, 0.6) is 0 Å². The van der Waals surface area contributed by atoms with Crippen molar-refractivity contribution in [1.82, 2.24) is 5.01 Å². The van der Waals surface area contributed by atoms with Crippen molar-refractivity contribution in [2.75, 3.05) is 12.1 Å². The molecule has 0 saturated heterocycles. The number of hydrazine groups is 1. The van der Waals surface area contributed by atoms with Crippen LogP contribution in [0.25, 0.3) is 0 Å². The van der Waals surface area contributed by atoms with Crippen LogP contribution in [-0.2, 0) is 6.54 Å². The zero-order valence-electron chi connectivity index (χ0n) is 10.2. The van der Waals surface area contributed by atoms with Gasteiger partial charge in [-0.2, -0.15) is 0 Å². The number of hydrogen-bond acceptors (Lipinski definition) is 2. The molecule has 0 aromatic heterocycles. The molecule has 2 nitrogen and oxygen atoms in total. The standard InChI is InChI=1S/C15H16N2/c1-12-7-3-5-9-14(12)17-15-10-6-4-8-13(15)11-16(17)2/h3-10H,11H2,1-2H3. The number of aryl methyl sites for hydroxylation is 1. The average Bonchev–Trinajstić information content (AvgIpc) is 2.66. The fraction of sp³-hybridized carbons (Fsp3) is 0.200. The van der Waals surface area contributed by atoms with Crippen LogP contribution in [-0.4, -0.2) is 12.1 Å². The lowest BCUT2D eigenvalue weighted by molar-refractivity contribution is 0.361. The van der Waals surface area contributed by atoms with Gasteiger partial charge in [-0.05, 0) is 30.2 Å². The van der Waals surface area contributed by atoms with Gasteiger partial charge in [-0.3, -0.25) is 5.01 Å². The summed E-state index contributed by atoms with van der Waals surface area (Å²) in [6, 6.07) is 17.1. The molecule has 0 bridgehead atoms. The zero-order valence-corrected chi connectivity index (χ0v) is 10.2. The van der Waals surface area contributed by atoms with E-state index in [1.165, 1.54) is 22.5 Å². The maximum atomic E-state index is 2.30. The Bertz CT molecular complexity index is 548. The van der Waals surface area contributed by atoms with Gasteiger partial charge >= 0.3 is 0 Å². The number of anilines is 2. The number of benzene rings is 2. The van der Waals surface area contributed by atoms with E-state index in [4.69, 9.17) is 0 Å². The van der Waals surface area contributed by atoms with E-state index in [0.717, 1.165) is 6.54 Å². The minimum Gasteiger partial charge on any atom is -0.274 e. The normalized spacial score (nSPS) is 15.1. The highest BCUT2D eigenvalue weighted by Gasteiger charge is 2.25. The van der Waals surface area contributed by atoms with Crippen LogP contribution in [0.4, 0.5) is 11.4 Å². The van der Waals surface area contributed by atoms with Gasteiger partial charge in [0.2, 0.25) is 0 Å². The van der Waals surface area contributed by atoms with Gasteiger partial charge in [0.15, 0.2) is 0 Å². The van der Waals surface area contributed by atoms with Crippen LogP contribution >= 0.6 is 0 Å². The Hall–Kier alpha value is -1.80. The summed E-state index contributed by atoms with van der Waals surface area (Å²) in [5, 5.41) is 4.55. The Morgan fingerprint density at radius 2 is 1.53 bits per heavy atom. The van der Waals surface area contributed by atoms with Gasteiger partial charge in [0.05, 0.1) is 11.4 Å². The summed E-state index contributed by atoms with van der Waals surface area (Å²) < 4.78 is 0. The van der Waals surface area contributed by atoms with Gasteiger partial charge in [0.1, 0.15) is 0 Å². The Labute approximate surface area is 102 Å². The van der Waals surface area contributed by atoms with Crippen LogP contribution in [0.2, 0.25) is 0 Å². The average molecular weight is 224 g/mol. The summed E-state index contributed by atoms with van der Waals surface area (Å²) >= 11 is 0. The Morgan fingerprint density at radius 3 is 2.29 bits per heavy atom. The van der Waals surface area contributed by atoms with Gasteiger partial charge in [-0.25, -0.2) is 5.01 Å². The molecule has 0 aliphatic carbocycles. The highest BCUT2D eigenvalue weighted by Crippen LogP contribution is 2.37. The third-order valence-corrected chi connectivity index (χ3v) is 3.30. The highest BCUT2D eigenvalue weighted by molar-refractivity contribution is 5.70. The molecule has 0 amide bonds. The van der Waals surface area contributed by atoms with E-state index in [9.17, 15) is 0 Å². The maximum absolute atomic E-state index is 2.30. The molecule has 1 aliphatic rings. The largest absolute Gasteiger partial charge is 0.274 e. The van der Waals surface area contributed by atoms with E-state index < -0.39 is 0 Å². The summed E-state index contributed by atoms with van der Waals surface area (Å²) in [5.41, 5.74) is 5.25. The van der Waals surface area contributed by atoms with E-state index in [0.29, 0.717) is 0 Å². The second-order valence-corrected chi connectivity index (χ2v) is 4.54. The van der Waals surface area contributed by atoms with E-state index in [1.807, 2.05) is 0 Å². The molecular weight excluding hydrogens is 208 g/mol. The molecule has 0 fully saturated rings. The highest BCUT2D eigenvalue weighted by atomic mass is 15.6. The molecule has 17 heavy (non-hydrogen) atoms. The van der Waals surface area contributed by atoms with E-state index in [-0.39, 0.29) is 0 Å². The molecule has 0 spiro atoms. The van der Waals surface area contributed by atoms with Gasteiger partial charge in [-0.15, -0.1) is 0 Å². The van der Waals surface area contributed by atoms with Crippen LogP contribution in [0.3, 0.4) is 0 Å². The second-order valence-electron chi connectivity index (χ2n) is 4.54. The molecule has 0 atom stereocenters. The molecule has 2 heteroatoms. The lowest BCUT2D eigenvalue weighted by Crippen LogP contribution is -2.30. The summed E-state index contributed by atoms with van der Waals surface area (Å²) in [5.74, 6) is 0. The van der Waals surface area contributed by atoms with Gasteiger partial charge in [-0.1, -0.05) is 36.4 Å². The predicted molar refractivity (Wildman–Crippen MR) is 71.2 cm³/mol. The Morgan fingerprint density at radius 1 is 0.882 bits per heavy atom. The van der Waals surface area contributed by atoms with Gasteiger partial charge in [0.25, 0.3) is 0 Å². The van der Waals surface area contributed by atoms with Gasteiger partial charge < -0.3 is 0 Å². The zero-order chi connectivity index (χ0) is 11.8. The molecule has 0 saturated carbocycles. The number of fused-ring (bicyclic) bond motifs is 1. The lowest BCUT2D eigenvalue weighted by atomic mass is 10.1. The van der Waals surface area contributed by atoms with Crippen LogP contribution in [0.15, 0.2) is 48.5 Å². The van der Waals surface area contributed by atoms with Crippen molar-refractivity contribution in [3.63, 3.8) is 0 Å². The summed E-state index contributed by atoms with van der Waals surface area (Å²) in [4.78, 5) is 0. The minimum atomic E-state index is 0.977. The fourth-order valence-electron chi connectivity index (χ4n) is 2.47. The summed E-state index contributed by atoms with van der Waals surface area (Å²) in [6.45, 7) is 3.13. The second kappa shape index (κ2) is 3.90. The molecule has 0 N–H and O–H groups in total. The molecule has 2 aromatic rings. The molecule has 1 aliphatic heterocycles. The van der Waals surface area contributed by atoms with Crippen molar-refractivity contribution in [3.8, 4) is 0 Å². The molecule has 2 aromatic carbocycles. The smallest absolute Gasteiger partial charge is 0.0626 e. The third-order valence-electron chi connectivity index (χ3n) is 3.30. The monoisotopic (exact) mass is 224 g/mol. The molecule has 3 rings (SSSR count). The summed E-state index contributed by atoms with van der Waals surface area (Å²) in [7, 11) is 2.13. The SMILES string of the molecule is Cc1ccccc1N1c2ccccc2CN1C. The van der Waals surface area contributed by atoms with Crippen LogP contribution in [0, 0.1) is 6.92 Å². The first-order valence-electron chi connectivity index (χ1n) is 5.92. The van der Waals surface area contributed by atoms with E-state index >= 15 is 0 Å². The van der Waals surface area contributed by atoms with Crippen molar-refractivity contribution in [2.45, 2.75) is 13.5 Å². The van der Waals surface area contributed by atoms with Gasteiger partial charge in [0, 0.05) is 13.6 Å². The van der Waals surface area contributed by atoms with E-state index in [1.54, 1.807) is 0 Å². The topological polar surface area (TPSA) is 6.48 Å². The number of para-hydroxylation sites is 2.